The third-order valence-corrected chi connectivity index (χ3v) is 3.84. The number of H-pyrrole nitrogens is 1. The van der Waals surface area contributed by atoms with Gasteiger partial charge in [-0.05, 0) is 34.2 Å². The molecule has 2 N–H and O–H groups in total. The van der Waals surface area contributed by atoms with Crippen molar-refractivity contribution < 1.29 is 9.53 Å². The number of likely N-dealkylation sites (N-methyl/N-ethyl adjacent to an activating group) is 1. The fourth-order valence-electron chi connectivity index (χ4n) is 1.59. The zero-order chi connectivity index (χ0) is 15.2. The van der Waals surface area contributed by atoms with Gasteiger partial charge in [0.2, 0.25) is 0 Å². The first-order valence-electron chi connectivity index (χ1n) is 6.48. The largest absolute Gasteiger partial charge is 0.465 e. The van der Waals surface area contributed by atoms with Gasteiger partial charge in [-0.3, -0.25) is 9.59 Å². The lowest BCUT2D eigenvalue weighted by Gasteiger charge is -2.26. The lowest BCUT2D eigenvalue weighted by atomic mass is 10.00. The van der Waals surface area contributed by atoms with Crippen LogP contribution in [0.25, 0.3) is 0 Å². The van der Waals surface area contributed by atoms with Crippen LogP contribution in [-0.4, -0.2) is 40.9 Å². The molecule has 0 amide bonds. The van der Waals surface area contributed by atoms with Crippen LogP contribution in [0.15, 0.2) is 16.0 Å². The highest BCUT2D eigenvalue weighted by atomic mass is 32.2. The number of carbonyl (C=O) groups excluding carboxylic acids is 1. The number of aromatic amines is 1. The van der Waals surface area contributed by atoms with Crippen molar-refractivity contribution in [1.82, 2.24) is 15.3 Å². The van der Waals surface area contributed by atoms with E-state index in [2.05, 4.69) is 15.3 Å². The highest BCUT2D eigenvalue weighted by Crippen LogP contribution is 2.19. The summed E-state index contributed by atoms with van der Waals surface area (Å²) in [4.78, 5) is 30.1. The molecule has 0 bridgehead atoms. The van der Waals surface area contributed by atoms with E-state index in [-0.39, 0.29) is 11.5 Å². The Bertz CT molecular complexity index is 518. The summed E-state index contributed by atoms with van der Waals surface area (Å²) in [6, 6.07) is 1.44. The van der Waals surface area contributed by atoms with E-state index in [1.54, 1.807) is 27.8 Å². The number of esters is 1. The van der Waals surface area contributed by atoms with Gasteiger partial charge in [0.05, 0.1) is 6.61 Å². The molecular formula is C13H21N3O3S. The molecule has 112 valence electrons. The minimum Gasteiger partial charge on any atom is -0.465 e. The van der Waals surface area contributed by atoms with Crippen LogP contribution in [0, 0.1) is 6.92 Å². The summed E-state index contributed by atoms with van der Waals surface area (Å²) in [5, 5.41) is 3.56. The van der Waals surface area contributed by atoms with Crippen LogP contribution in [0.4, 0.5) is 0 Å². The van der Waals surface area contributed by atoms with Gasteiger partial charge >= 0.3 is 5.97 Å². The number of hydrogen-bond acceptors (Lipinski definition) is 6. The van der Waals surface area contributed by atoms with Crippen molar-refractivity contribution in [2.24, 2.45) is 0 Å². The fourth-order valence-corrected chi connectivity index (χ4v) is 2.68. The van der Waals surface area contributed by atoms with Crippen LogP contribution in [0.2, 0.25) is 0 Å². The second kappa shape index (κ2) is 7.44. The molecular weight excluding hydrogens is 278 g/mol. The van der Waals surface area contributed by atoms with E-state index in [9.17, 15) is 9.59 Å². The highest BCUT2D eigenvalue weighted by molar-refractivity contribution is 7.99. The molecule has 0 aliphatic carbocycles. The molecule has 0 radical (unpaired) electrons. The highest BCUT2D eigenvalue weighted by Gasteiger charge is 2.32. The van der Waals surface area contributed by atoms with E-state index in [0.717, 1.165) is 0 Å². The first-order valence-corrected chi connectivity index (χ1v) is 7.46. The van der Waals surface area contributed by atoms with Gasteiger partial charge in [0.1, 0.15) is 5.54 Å². The summed E-state index contributed by atoms with van der Waals surface area (Å²) < 4.78 is 5.05. The van der Waals surface area contributed by atoms with Crippen LogP contribution in [0.3, 0.4) is 0 Å². The summed E-state index contributed by atoms with van der Waals surface area (Å²) in [5.41, 5.74) is -0.215. The van der Waals surface area contributed by atoms with Crippen LogP contribution in [-0.2, 0) is 9.53 Å². The molecule has 0 saturated carbocycles. The van der Waals surface area contributed by atoms with E-state index < -0.39 is 5.54 Å². The number of hydrogen-bond donors (Lipinski definition) is 2. The lowest BCUT2D eigenvalue weighted by molar-refractivity contribution is -0.150. The van der Waals surface area contributed by atoms with Gasteiger partial charge in [-0.2, -0.15) is 0 Å². The predicted octanol–water partition coefficient (Wildman–Crippen LogP) is 1.10. The molecule has 20 heavy (non-hydrogen) atoms. The van der Waals surface area contributed by atoms with Crippen LogP contribution in [0.1, 0.15) is 26.0 Å². The Labute approximate surface area is 122 Å². The average Bonchev–Trinajstić information content (AvgIpc) is 2.37. The van der Waals surface area contributed by atoms with Gasteiger partial charge in [-0.25, -0.2) is 4.98 Å². The van der Waals surface area contributed by atoms with Gasteiger partial charge in [0.15, 0.2) is 5.16 Å². The summed E-state index contributed by atoms with van der Waals surface area (Å²) in [5.74, 6) is 0.372. The van der Waals surface area contributed by atoms with Crippen molar-refractivity contribution in [1.29, 1.82) is 0 Å². The van der Waals surface area contributed by atoms with Gasteiger partial charge in [0.25, 0.3) is 5.56 Å². The maximum atomic E-state index is 11.9. The van der Waals surface area contributed by atoms with E-state index >= 15 is 0 Å². The summed E-state index contributed by atoms with van der Waals surface area (Å²) in [6.07, 6.45) is 0.574. The molecule has 7 heteroatoms. The molecule has 1 heterocycles. The summed E-state index contributed by atoms with van der Waals surface area (Å²) in [7, 11) is 1.73. The minimum absolute atomic E-state index is 0.165. The monoisotopic (exact) mass is 299 g/mol. The molecule has 1 unspecified atom stereocenters. The molecule has 6 nitrogen and oxygen atoms in total. The van der Waals surface area contributed by atoms with Crippen molar-refractivity contribution in [3.05, 3.63) is 22.1 Å². The molecule has 0 aliphatic rings. The standard InChI is InChI=1S/C13H21N3O3S/c1-5-19-11(18)13(3,14-4)6-7-20-12-15-9(2)8-10(17)16-12/h8,14H,5-7H2,1-4H3,(H,15,16,17). The number of aryl methyl sites for hydroxylation is 1. The molecule has 1 rings (SSSR count). The normalized spacial score (nSPS) is 13.8. The topological polar surface area (TPSA) is 84.1 Å². The number of nitrogens with zero attached hydrogens (tertiary/aromatic N) is 1. The summed E-state index contributed by atoms with van der Waals surface area (Å²) in [6.45, 7) is 5.72. The Balaban J connectivity index is 2.61. The van der Waals surface area contributed by atoms with Crippen LogP contribution >= 0.6 is 11.8 Å². The number of nitrogens with one attached hydrogen (secondary N) is 2. The molecule has 1 aromatic rings. The Hall–Kier alpha value is -1.34. The maximum Gasteiger partial charge on any atom is 0.326 e. The number of thioether (sulfide) groups is 1. The zero-order valence-corrected chi connectivity index (χ0v) is 13.1. The average molecular weight is 299 g/mol. The van der Waals surface area contributed by atoms with E-state index in [0.29, 0.717) is 29.6 Å². The third kappa shape index (κ3) is 4.64. The Morgan fingerprint density at radius 3 is 2.85 bits per heavy atom. The Kier molecular flexibility index (Phi) is 6.22. The minimum atomic E-state index is -0.729. The quantitative estimate of drug-likeness (QED) is 0.446. The zero-order valence-electron chi connectivity index (χ0n) is 12.3. The van der Waals surface area contributed by atoms with Crippen molar-refractivity contribution in [2.45, 2.75) is 37.9 Å². The SMILES string of the molecule is CCOC(=O)C(C)(CCSc1nc(C)cc(=O)[nH]1)NC. The van der Waals surface area contributed by atoms with E-state index in [4.69, 9.17) is 4.74 Å². The Morgan fingerprint density at radius 1 is 1.60 bits per heavy atom. The van der Waals surface area contributed by atoms with Gasteiger partial charge in [-0.1, -0.05) is 11.8 Å². The maximum absolute atomic E-state index is 11.9. The van der Waals surface area contributed by atoms with E-state index in [1.807, 2.05) is 0 Å². The first-order chi connectivity index (χ1) is 9.41. The predicted molar refractivity (Wildman–Crippen MR) is 79.0 cm³/mol. The molecule has 0 aromatic carbocycles. The molecule has 1 atom stereocenters. The Morgan fingerprint density at radius 2 is 2.30 bits per heavy atom. The van der Waals surface area contributed by atoms with Gasteiger partial charge in [-0.15, -0.1) is 0 Å². The number of ether oxygens (including phenoxy) is 1. The van der Waals surface area contributed by atoms with Crippen LogP contribution in [0.5, 0.6) is 0 Å². The van der Waals surface area contributed by atoms with Crippen LogP contribution < -0.4 is 10.9 Å². The smallest absolute Gasteiger partial charge is 0.326 e. The molecule has 1 aromatic heterocycles. The second-order valence-electron chi connectivity index (χ2n) is 4.59. The van der Waals surface area contributed by atoms with Gasteiger partial charge in [0, 0.05) is 17.5 Å². The second-order valence-corrected chi connectivity index (χ2v) is 5.68. The number of carbonyl (C=O) groups is 1. The number of rotatable bonds is 7. The van der Waals surface area contributed by atoms with Crippen molar-refractivity contribution >= 4 is 17.7 Å². The summed E-state index contributed by atoms with van der Waals surface area (Å²) >= 11 is 1.41. The molecule has 0 spiro atoms. The number of aromatic nitrogens is 2. The van der Waals surface area contributed by atoms with Gasteiger partial charge < -0.3 is 15.0 Å². The van der Waals surface area contributed by atoms with Crippen molar-refractivity contribution in [3.63, 3.8) is 0 Å². The third-order valence-electron chi connectivity index (χ3n) is 2.97. The molecule has 0 aliphatic heterocycles. The fraction of sp³-hybridized carbons (Fsp3) is 0.615. The molecule has 0 saturated heterocycles. The van der Waals surface area contributed by atoms with Crippen molar-refractivity contribution in [3.8, 4) is 0 Å². The first kappa shape index (κ1) is 16.7. The lowest BCUT2D eigenvalue weighted by Crippen LogP contribution is -2.49. The van der Waals surface area contributed by atoms with E-state index in [1.165, 1.54) is 17.8 Å². The van der Waals surface area contributed by atoms with Crippen molar-refractivity contribution in [2.75, 3.05) is 19.4 Å². The molecule has 0 fully saturated rings.